The van der Waals surface area contributed by atoms with Crippen molar-refractivity contribution in [1.82, 2.24) is 5.32 Å². The first kappa shape index (κ1) is 19.9. The van der Waals surface area contributed by atoms with E-state index in [0.717, 1.165) is 33.7 Å². The van der Waals surface area contributed by atoms with Crippen molar-refractivity contribution >= 4 is 80.8 Å². The molecule has 0 saturated heterocycles. The Morgan fingerprint density at radius 2 is 1.23 bits per heavy atom. The van der Waals surface area contributed by atoms with Crippen molar-refractivity contribution in [3.8, 4) is 5.40 Å². The maximum absolute atomic E-state index is 8.64. The van der Waals surface area contributed by atoms with Crippen LogP contribution in [-0.2, 0) is 0 Å². The highest BCUT2D eigenvalue weighted by Crippen LogP contribution is 2.19. The SMILES string of the molecule is N#CSc1ccc(NC(=S)NC(=S)Nc2ccc(NC(N)=S)cc2)cc1. The third-order valence-corrected chi connectivity index (χ3v) is 4.02. The molecule has 0 heterocycles. The second-order valence-corrected chi connectivity index (χ2v) is 6.93. The number of thiocyanates is 1. The molecule has 0 aliphatic carbocycles. The number of benzene rings is 2. The topological polar surface area (TPSA) is 97.9 Å². The molecule has 0 fully saturated rings. The van der Waals surface area contributed by atoms with Gasteiger partial charge in [0, 0.05) is 22.0 Å². The minimum Gasteiger partial charge on any atom is -0.376 e. The molecule has 26 heavy (non-hydrogen) atoms. The number of nitrogens with one attached hydrogen (secondary N) is 4. The van der Waals surface area contributed by atoms with Crippen LogP contribution >= 0.6 is 48.4 Å². The van der Waals surface area contributed by atoms with E-state index in [-0.39, 0.29) is 5.11 Å². The van der Waals surface area contributed by atoms with E-state index >= 15 is 0 Å². The number of nitrogens with zero attached hydrogens (tertiary/aromatic N) is 1. The fourth-order valence-electron chi connectivity index (χ4n) is 1.87. The van der Waals surface area contributed by atoms with E-state index in [2.05, 4.69) is 21.3 Å². The van der Waals surface area contributed by atoms with Gasteiger partial charge in [-0.2, -0.15) is 5.26 Å². The number of thioether (sulfide) groups is 1. The Kier molecular flexibility index (Phi) is 7.55. The van der Waals surface area contributed by atoms with Gasteiger partial charge in [-0.15, -0.1) is 0 Å². The van der Waals surface area contributed by atoms with E-state index in [9.17, 15) is 0 Å². The number of nitrogens with two attached hydrogens (primary N) is 1. The molecule has 6 N–H and O–H groups in total. The van der Waals surface area contributed by atoms with Crippen LogP contribution in [0.2, 0.25) is 0 Å². The number of hydrogen-bond acceptors (Lipinski definition) is 5. The zero-order valence-corrected chi connectivity index (χ0v) is 16.5. The van der Waals surface area contributed by atoms with E-state index in [1.165, 1.54) is 0 Å². The summed E-state index contributed by atoms with van der Waals surface area (Å²) in [7, 11) is 0. The van der Waals surface area contributed by atoms with E-state index < -0.39 is 0 Å². The molecular weight excluding hydrogens is 404 g/mol. The lowest BCUT2D eigenvalue weighted by Crippen LogP contribution is -2.37. The quantitative estimate of drug-likeness (QED) is 0.288. The second-order valence-electron chi connectivity index (χ2n) is 4.82. The Labute approximate surface area is 171 Å². The maximum Gasteiger partial charge on any atom is 0.177 e. The highest BCUT2D eigenvalue weighted by Gasteiger charge is 2.03. The summed E-state index contributed by atoms with van der Waals surface area (Å²) in [6.45, 7) is 0. The first-order valence-electron chi connectivity index (χ1n) is 7.18. The van der Waals surface area contributed by atoms with E-state index in [1.807, 2.05) is 53.9 Å². The van der Waals surface area contributed by atoms with Crippen LogP contribution in [0, 0.1) is 10.7 Å². The van der Waals surface area contributed by atoms with Crippen molar-refractivity contribution in [2.45, 2.75) is 4.90 Å². The predicted octanol–water partition coefficient (Wildman–Crippen LogP) is 3.60. The van der Waals surface area contributed by atoms with Crippen LogP contribution in [0.5, 0.6) is 0 Å². The smallest absolute Gasteiger partial charge is 0.177 e. The molecule has 0 radical (unpaired) electrons. The van der Waals surface area contributed by atoms with Gasteiger partial charge in [0.15, 0.2) is 15.3 Å². The summed E-state index contributed by atoms with van der Waals surface area (Å²) in [5.74, 6) is 0. The molecule has 0 aliphatic heterocycles. The molecule has 0 aliphatic rings. The molecule has 0 atom stereocenters. The molecule has 0 unspecified atom stereocenters. The Hall–Kier alpha value is -2.45. The van der Waals surface area contributed by atoms with Gasteiger partial charge < -0.3 is 27.0 Å². The van der Waals surface area contributed by atoms with Crippen molar-refractivity contribution in [3.05, 3.63) is 48.5 Å². The molecule has 0 spiro atoms. The summed E-state index contributed by atoms with van der Waals surface area (Å²) in [5.41, 5.74) is 7.79. The van der Waals surface area contributed by atoms with E-state index in [4.69, 9.17) is 47.6 Å². The number of nitriles is 1. The molecule has 6 nitrogen and oxygen atoms in total. The van der Waals surface area contributed by atoms with Gasteiger partial charge in [-0.25, -0.2) is 0 Å². The lowest BCUT2D eigenvalue weighted by atomic mass is 10.3. The largest absolute Gasteiger partial charge is 0.376 e. The maximum atomic E-state index is 8.64. The molecule has 0 aromatic heterocycles. The average molecular weight is 419 g/mol. The number of anilines is 3. The van der Waals surface area contributed by atoms with Gasteiger partial charge in [-0.1, -0.05) is 0 Å². The molecular formula is C16H14N6S4. The summed E-state index contributed by atoms with van der Waals surface area (Å²) >= 11 is 16.4. The van der Waals surface area contributed by atoms with Crippen LogP contribution in [0.25, 0.3) is 0 Å². The van der Waals surface area contributed by atoms with Crippen LogP contribution in [0.1, 0.15) is 0 Å². The lowest BCUT2D eigenvalue weighted by Gasteiger charge is -2.13. The summed E-state index contributed by atoms with van der Waals surface area (Å²) in [6.07, 6.45) is 0. The van der Waals surface area contributed by atoms with E-state index in [0.29, 0.717) is 10.2 Å². The molecule has 2 rings (SSSR count). The van der Waals surface area contributed by atoms with Gasteiger partial charge in [0.1, 0.15) is 5.40 Å². The van der Waals surface area contributed by atoms with Crippen molar-refractivity contribution in [2.24, 2.45) is 5.73 Å². The van der Waals surface area contributed by atoms with Crippen molar-refractivity contribution in [2.75, 3.05) is 16.0 Å². The van der Waals surface area contributed by atoms with Crippen LogP contribution in [0.3, 0.4) is 0 Å². The molecule has 2 aromatic rings. The fraction of sp³-hybridized carbons (Fsp3) is 0. The summed E-state index contributed by atoms with van der Waals surface area (Å²) in [4.78, 5) is 0.863. The van der Waals surface area contributed by atoms with Gasteiger partial charge >= 0.3 is 0 Å². The van der Waals surface area contributed by atoms with Crippen molar-refractivity contribution in [1.29, 1.82) is 5.26 Å². The zero-order chi connectivity index (χ0) is 18.9. The van der Waals surface area contributed by atoms with Gasteiger partial charge in [-0.05, 0) is 96.9 Å². The Balaban J connectivity index is 1.84. The van der Waals surface area contributed by atoms with Gasteiger partial charge in [0.05, 0.1) is 0 Å². The molecule has 0 saturated carbocycles. The third kappa shape index (κ3) is 6.81. The monoisotopic (exact) mass is 418 g/mol. The van der Waals surface area contributed by atoms with Crippen molar-refractivity contribution in [3.63, 3.8) is 0 Å². The molecule has 10 heteroatoms. The molecule has 0 amide bonds. The van der Waals surface area contributed by atoms with Crippen LogP contribution < -0.4 is 27.0 Å². The Morgan fingerprint density at radius 1 is 0.808 bits per heavy atom. The number of rotatable bonds is 4. The summed E-state index contributed by atoms with van der Waals surface area (Å²) in [5, 5.41) is 23.4. The molecule has 0 bridgehead atoms. The minimum atomic E-state index is 0.207. The minimum absolute atomic E-state index is 0.207. The lowest BCUT2D eigenvalue weighted by molar-refractivity contribution is 1.38. The first-order valence-corrected chi connectivity index (χ1v) is 9.22. The van der Waals surface area contributed by atoms with Crippen molar-refractivity contribution < 1.29 is 0 Å². The zero-order valence-electron chi connectivity index (χ0n) is 13.3. The number of hydrogen-bond donors (Lipinski definition) is 5. The summed E-state index contributed by atoms with van der Waals surface area (Å²) in [6, 6.07) is 14.6. The standard InChI is InChI=1S/C16H14N6S4/c17-9-26-13-7-5-12(6-8-13)21-16(25)22-15(24)20-11-3-1-10(2-4-11)19-14(18)23/h1-8H,(H3,18,19,23)(H3,20,21,22,24,25). The fourth-order valence-corrected chi connectivity index (χ4v) is 2.87. The van der Waals surface area contributed by atoms with Gasteiger partial charge in [0.2, 0.25) is 0 Å². The number of thiocarbonyl (C=S) groups is 3. The molecule has 132 valence electrons. The third-order valence-electron chi connectivity index (χ3n) is 2.91. The average Bonchev–Trinajstić information content (AvgIpc) is 2.58. The van der Waals surface area contributed by atoms with Crippen LogP contribution in [0.15, 0.2) is 53.4 Å². The summed E-state index contributed by atoms with van der Waals surface area (Å²) < 4.78 is 0. The Morgan fingerprint density at radius 3 is 1.65 bits per heavy atom. The molecule has 2 aromatic carbocycles. The highest BCUT2D eigenvalue weighted by atomic mass is 32.2. The first-order chi connectivity index (χ1) is 12.5. The van der Waals surface area contributed by atoms with Gasteiger partial charge in [0.25, 0.3) is 0 Å². The Bertz CT molecular complexity index is 843. The highest BCUT2D eigenvalue weighted by molar-refractivity contribution is 8.03. The van der Waals surface area contributed by atoms with Crippen LogP contribution in [0.4, 0.5) is 17.1 Å². The predicted molar refractivity (Wildman–Crippen MR) is 120 cm³/mol. The second kappa shape index (κ2) is 9.88. The normalized spacial score (nSPS) is 9.50. The van der Waals surface area contributed by atoms with Crippen LogP contribution in [-0.4, -0.2) is 15.3 Å². The van der Waals surface area contributed by atoms with E-state index in [1.54, 1.807) is 0 Å². The van der Waals surface area contributed by atoms with Gasteiger partial charge in [-0.3, -0.25) is 0 Å².